The number of carbonyl (C=O) groups excluding carboxylic acids is 1. The van der Waals surface area contributed by atoms with Gasteiger partial charge in [0.25, 0.3) is 0 Å². The van der Waals surface area contributed by atoms with Gasteiger partial charge in [0.2, 0.25) is 5.91 Å². The normalized spacial score (nSPS) is 12.1. The number of rotatable bonds is 4. The summed E-state index contributed by atoms with van der Waals surface area (Å²) in [5.74, 6) is -1.17. The molecule has 0 bridgehead atoms. The fourth-order valence-electron chi connectivity index (χ4n) is 2.15. The summed E-state index contributed by atoms with van der Waals surface area (Å²) in [6.07, 6.45) is 0.242. The predicted octanol–water partition coefficient (Wildman–Crippen LogP) is 2.09. The molecule has 0 aromatic heterocycles. The third kappa shape index (κ3) is 3.56. The molecule has 1 N–H and O–H groups in total. The van der Waals surface area contributed by atoms with Crippen molar-refractivity contribution in [1.82, 2.24) is 4.90 Å². The summed E-state index contributed by atoms with van der Waals surface area (Å²) in [7, 11) is 1.53. The molecule has 4 nitrogen and oxygen atoms in total. The molecule has 0 saturated heterocycles. The molecule has 1 unspecified atom stereocenters. The Morgan fingerprint density at radius 3 is 2.11 bits per heavy atom. The van der Waals surface area contributed by atoms with Crippen molar-refractivity contribution in [1.29, 1.82) is 0 Å². The number of amides is 1. The van der Waals surface area contributed by atoms with E-state index in [0.29, 0.717) is 0 Å². The van der Waals surface area contributed by atoms with Gasteiger partial charge < -0.3 is 10.0 Å². The third-order valence-corrected chi connectivity index (χ3v) is 3.50. The van der Waals surface area contributed by atoms with Gasteiger partial charge >= 0.3 is 5.97 Å². The van der Waals surface area contributed by atoms with Crippen LogP contribution in [0.2, 0.25) is 0 Å². The first-order chi connectivity index (χ1) is 8.73. The first-order valence-corrected chi connectivity index (χ1v) is 6.29. The SMILES string of the molecule is Cc1cc(C)c(CC(=O)N(C)C(C)C(=O)O)c(C)c1. The highest BCUT2D eigenvalue weighted by atomic mass is 16.4. The molecule has 19 heavy (non-hydrogen) atoms. The van der Waals surface area contributed by atoms with Gasteiger partial charge in [-0.3, -0.25) is 4.79 Å². The zero-order valence-corrected chi connectivity index (χ0v) is 12.2. The van der Waals surface area contributed by atoms with E-state index in [4.69, 9.17) is 5.11 Å². The minimum absolute atomic E-state index is 0.176. The van der Waals surface area contributed by atoms with E-state index in [9.17, 15) is 9.59 Å². The number of aryl methyl sites for hydroxylation is 3. The van der Waals surface area contributed by atoms with Crippen molar-refractivity contribution in [2.75, 3.05) is 7.05 Å². The first-order valence-electron chi connectivity index (χ1n) is 6.29. The van der Waals surface area contributed by atoms with Gasteiger partial charge in [-0.1, -0.05) is 17.7 Å². The zero-order chi connectivity index (χ0) is 14.7. The number of likely N-dealkylation sites (N-methyl/N-ethyl adjacent to an activating group) is 1. The first kappa shape index (κ1) is 15.2. The molecule has 0 saturated carbocycles. The van der Waals surface area contributed by atoms with E-state index in [1.54, 1.807) is 0 Å². The Labute approximate surface area is 114 Å². The van der Waals surface area contributed by atoms with Crippen LogP contribution in [0.5, 0.6) is 0 Å². The summed E-state index contributed by atoms with van der Waals surface area (Å²) in [6, 6.07) is 3.27. The Morgan fingerprint density at radius 1 is 1.21 bits per heavy atom. The molecule has 0 aliphatic carbocycles. The molecule has 0 heterocycles. The van der Waals surface area contributed by atoms with Gasteiger partial charge in [0, 0.05) is 7.05 Å². The van der Waals surface area contributed by atoms with E-state index < -0.39 is 12.0 Å². The average Bonchev–Trinajstić information content (AvgIpc) is 2.31. The van der Waals surface area contributed by atoms with Gasteiger partial charge in [-0.25, -0.2) is 4.79 Å². The van der Waals surface area contributed by atoms with Crippen LogP contribution in [0.4, 0.5) is 0 Å². The van der Waals surface area contributed by atoms with Crippen LogP contribution in [0, 0.1) is 20.8 Å². The van der Waals surface area contributed by atoms with Gasteiger partial charge in [-0.2, -0.15) is 0 Å². The molecule has 0 spiro atoms. The van der Waals surface area contributed by atoms with Gasteiger partial charge in [-0.15, -0.1) is 0 Å². The molecule has 0 radical (unpaired) electrons. The van der Waals surface area contributed by atoms with Crippen LogP contribution in [-0.4, -0.2) is 35.0 Å². The van der Waals surface area contributed by atoms with Crippen molar-refractivity contribution in [3.05, 3.63) is 34.4 Å². The van der Waals surface area contributed by atoms with Gasteiger partial charge in [0.15, 0.2) is 0 Å². The number of carboxylic acids is 1. The maximum Gasteiger partial charge on any atom is 0.326 e. The maximum atomic E-state index is 12.1. The Morgan fingerprint density at radius 2 is 1.68 bits per heavy atom. The van der Waals surface area contributed by atoms with E-state index in [1.807, 2.05) is 32.9 Å². The zero-order valence-electron chi connectivity index (χ0n) is 12.2. The summed E-state index contributed by atoms with van der Waals surface area (Å²) in [5, 5.41) is 8.92. The highest BCUT2D eigenvalue weighted by molar-refractivity contribution is 5.85. The summed E-state index contributed by atoms with van der Waals surface area (Å²) in [5.41, 5.74) is 4.29. The van der Waals surface area contributed by atoms with Crippen LogP contribution in [-0.2, 0) is 16.0 Å². The van der Waals surface area contributed by atoms with Crippen molar-refractivity contribution >= 4 is 11.9 Å². The number of carbonyl (C=O) groups is 2. The number of carboxylic acid groups (broad SMARTS) is 1. The predicted molar refractivity (Wildman–Crippen MR) is 74.2 cm³/mol. The largest absolute Gasteiger partial charge is 0.480 e. The average molecular weight is 263 g/mol. The fourth-order valence-corrected chi connectivity index (χ4v) is 2.15. The summed E-state index contributed by atoms with van der Waals surface area (Å²) < 4.78 is 0. The Hall–Kier alpha value is -1.84. The topological polar surface area (TPSA) is 57.6 Å². The molecule has 1 aromatic rings. The Bertz CT molecular complexity index is 485. The number of aliphatic carboxylic acids is 1. The van der Waals surface area contributed by atoms with E-state index in [2.05, 4.69) is 0 Å². The fraction of sp³-hybridized carbons (Fsp3) is 0.467. The second-order valence-corrected chi connectivity index (χ2v) is 5.07. The number of benzene rings is 1. The van der Waals surface area contributed by atoms with E-state index >= 15 is 0 Å². The quantitative estimate of drug-likeness (QED) is 0.905. The number of nitrogens with zero attached hydrogens (tertiary/aromatic N) is 1. The summed E-state index contributed by atoms with van der Waals surface area (Å²) in [4.78, 5) is 24.3. The number of hydrogen-bond acceptors (Lipinski definition) is 2. The number of hydrogen-bond donors (Lipinski definition) is 1. The Kier molecular flexibility index (Phi) is 4.70. The van der Waals surface area contributed by atoms with Crippen LogP contribution in [0.15, 0.2) is 12.1 Å². The van der Waals surface area contributed by atoms with Crippen molar-refractivity contribution < 1.29 is 14.7 Å². The molecule has 4 heteroatoms. The van der Waals surface area contributed by atoms with Crippen molar-refractivity contribution in [3.8, 4) is 0 Å². The molecule has 1 amide bonds. The van der Waals surface area contributed by atoms with Crippen LogP contribution in [0.1, 0.15) is 29.2 Å². The highest BCUT2D eigenvalue weighted by Crippen LogP contribution is 2.18. The molecule has 0 aliphatic rings. The molecule has 1 rings (SSSR count). The lowest BCUT2D eigenvalue weighted by Crippen LogP contribution is -2.41. The van der Waals surface area contributed by atoms with Crippen molar-refractivity contribution in [2.24, 2.45) is 0 Å². The van der Waals surface area contributed by atoms with E-state index in [1.165, 1.54) is 24.4 Å². The van der Waals surface area contributed by atoms with Crippen LogP contribution in [0.3, 0.4) is 0 Å². The Balaban J connectivity index is 2.92. The maximum absolute atomic E-state index is 12.1. The molecular weight excluding hydrogens is 242 g/mol. The van der Waals surface area contributed by atoms with E-state index in [-0.39, 0.29) is 12.3 Å². The monoisotopic (exact) mass is 263 g/mol. The van der Waals surface area contributed by atoms with Gasteiger partial charge in [0.1, 0.15) is 6.04 Å². The minimum Gasteiger partial charge on any atom is -0.480 e. The summed E-state index contributed by atoms with van der Waals surface area (Å²) >= 11 is 0. The third-order valence-electron chi connectivity index (χ3n) is 3.50. The van der Waals surface area contributed by atoms with Gasteiger partial charge in [0.05, 0.1) is 6.42 Å². The molecule has 1 atom stereocenters. The lowest BCUT2D eigenvalue weighted by Gasteiger charge is -2.22. The van der Waals surface area contributed by atoms with Crippen LogP contribution >= 0.6 is 0 Å². The molecule has 104 valence electrons. The second-order valence-electron chi connectivity index (χ2n) is 5.07. The second kappa shape index (κ2) is 5.87. The van der Waals surface area contributed by atoms with Crippen LogP contribution in [0.25, 0.3) is 0 Å². The molecule has 0 aliphatic heterocycles. The molecular formula is C15H21NO3. The lowest BCUT2D eigenvalue weighted by atomic mass is 9.97. The van der Waals surface area contributed by atoms with Gasteiger partial charge in [-0.05, 0) is 44.4 Å². The standard InChI is InChI=1S/C15H21NO3/c1-9-6-10(2)13(11(3)7-9)8-14(17)16(5)12(4)15(18)19/h6-7,12H,8H2,1-5H3,(H,18,19). The van der Waals surface area contributed by atoms with Crippen molar-refractivity contribution in [2.45, 2.75) is 40.2 Å². The lowest BCUT2D eigenvalue weighted by molar-refractivity contribution is -0.148. The van der Waals surface area contributed by atoms with Crippen molar-refractivity contribution in [3.63, 3.8) is 0 Å². The smallest absolute Gasteiger partial charge is 0.326 e. The molecule has 0 fully saturated rings. The highest BCUT2D eigenvalue weighted by Gasteiger charge is 2.22. The molecule has 1 aromatic carbocycles. The minimum atomic E-state index is -0.992. The van der Waals surface area contributed by atoms with E-state index in [0.717, 1.165) is 16.7 Å². The summed E-state index contributed by atoms with van der Waals surface area (Å²) in [6.45, 7) is 7.48. The van der Waals surface area contributed by atoms with Crippen LogP contribution < -0.4 is 0 Å².